The zero-order valence-electron chi connectivity index (χ0n) is 9.95. The summed E-state index contributed by atoms with van der Waals surface area (Å²) in [5.41, 5.74) is 1.35. The van der Waals surface area contributed by atoms with Gasteiger partial charge in [-0.1, -0.05) is 24.8 Å². The van der Waals surface area contributed by atoms with Gasteiger partial charge in [-0.05, 0) is 33.0 Å². The Morgan fingerprint density at radius 3 is 2.67 bits per heavy atom. The largest absolute Gasteiger partial charge is 0.374 e. The molecule has 15 heavy (non-hydrogen) atoms. The highest BCUT2D eigenvalue weighted by Crippen LogP contribution is 2.08. The van der Waals surface area contributed by atoms with Gasteiger partial charge >= 0.3 is 0 Å². The first-order valence-corrected chi connectivity index (χ1v) is 5.63. The molecule has 1 saturated heterocycles. The second-order valence-corrected chi connectivity index (χ2v) is 4.07. The van der Waals surface area contributed by atoms with Crippen LogP contribution in [-0.4, -0.2) is 43.0 Å². The number of hydrogen-bond donors (Lipinski definition) is 0. The van der Waals surface area contributed by atoms with Crippen molar-refractivity contribution in [2.24, 2.45) is 0 Å². The molecule has 2 nitrogen and oxygen atoms in total. The van der Waals surface area contributed by atoms with Gasteiger partial charge < -0.3 is 9.80 Å². The standard InChI is InChI=1S/C13H22N2/c1-4-5-6-8-13(2)15-10-7-9-14(3)11-12-15/h4-6,8H,1,7,9-12H2,2-3H3/b6-5-,13-8+. The lowest BCUT2D eigenvalue weighted by Crippen LogP contribution is -2.27. The van der Waals surface area contributed by atoms with Crippen molar-refractivity contribution in [2.75, 3.05) is 33.2 Å². The zero-order chi connectivity index (χ0) is 11.1. The summed E-state index contributed by atoms with van der Waals surface area (Å²) in [6.45, 7) is 10.5. The average molecular weight is 206 g/mol. The number of allylic oxidation sites excluding steroid dienone is 5. The monoisotopic (exact) mass is 206 g/mol. The van der Waals surface area contributed by atoms with E-state index in [1.165, 1.54) is 25.2 Å². The van der Waals surface area contributed by atoms with Crippen LogP contribution in [0.2, 0.25) is 0 Å². The van der Waals surface area contributed by atoms with Crippen molar-refractivity contribution in [2.45, 2.75) is 13.3 Å². The molecule has 1 aliphatic heterocycles. The first-order valence-electron chi connectivity index (χ1n) is 5.63. The fraction of sp³-hybridized carbons (Fsp3) is 0.538. The Bertz CT molecular complexity index is 253. The number of hydrogen-bond acceptors (Lipinski definition) is 2. The maximum atomic E-state index is 3.66. The van der Waals surface area contributed by atoms with E-state index in [1.807, 2.05) is 6.08 Å². The topological polar surface area (TPSA) is 6.48 Å². The molecule has 1 aliphatic rings. The summed E-state index contributed by atoms with van der Waals surface area (Å²) >= 11 is 0. The van der Waals surface area contributed by atoms with Gasteiger partial charge in [0.05, 0.1) is 0 Å². The van der Waals surface area contributed by atoms with E-state index in [9.17, 15) is 0 Å². The molecule has 0 atom stereocenters. The molecule has 0 amide bonds. The van der Waals surface area contributed by atoms with E-state index in [-0.39, 0.29) is 0 Å². The third-order valence-electron chi connectivity index (χ3n) is 2.80. The zero-order valence-corrected chi connectivity index (χ0v) is 9.95. The first-order chi connectivity index (χ1) is 7.24. The lowest BCUT2D eigenvalue weighted by molar-refractivity contribution is 0.326. The average Bonchev–Trinajstić information content (AvgIpc) is 2.43. The molecule has 0 unspecified atom stereocenters. The van der Waals surface area contributed by atoms with Crippen LogP contribution < -0.4 is 0 Å². The van der Waals surface area contributed by atoms with Crippen LogP contribution in [0.3, 0.4) is 0 Å². The molecular weight excluding hydrogens is 184 g/mol. The Labute approximate surface area is 93.6 Å². The molecule has 0 saturated carbocycles. The summed E-state index contributed by atoms with van der Waals surface area (Å²) in [5, 5.41) is 0. The van der Waals surface area contributed by atoms with Crippen molar-refractivity contribution >= 4 is 0 Å². The Morgan fingerprint density at radius 2 is 1.93 bits per heavy atom. The molecule has 1 fully saturated rings. The van der Waals surface area contributed by atoms with Gasteiger partial charge in [-0.15, -0.1) is 0 Å². The van der Waals surface area contributed by atoms with Crippen molar-refractivity contribution in [3.63, 3.8) is 0 Å². The highest BCUT2D eigenvalue weighted by atomic mass is 15.2. The van der Waals surface area contributed by atoms with Gasteiger partial charge in [0.25, 0.3) is 0 Å². The fourth-order valence-electron chi connectivity index (χ4n) is 1.78. The van der Waals surface area contributed by atoms with E-state index >= 15 is 0 Å². The molecule has 0 radical (unpaired) electrons. The summed E-state index contributed by atoms with van der Waals surface area (Å²) in [5.74, 6) is 0. The molecule has 0 spiro atoms. The number of nitrogens with zero attached hydrogens (tertiary/aromatic N) is 2. The lowest BCUT2D eigenvalue weighted by atomic mass is 10.3. The Balaban J connectivity index is 2.50. The normalized spacial score (nSPS) is 20.7. The summed E-state index contributed by atoms with van der Waals surface area (Å²) in [4.78, 5) is 4.85. The van der Waals surface area contributed by atoms with Crippen LogP contribution in [0, 0.1) is 0 Å². The van der Waals surface area contributed by atoms with Crippen LogP contribution in [0.4, 0.5) is 0 Å². The maximum Gasteiger partial charge on any atom is 0.0302 e. The van der Waals surface area contributed by atoms with E-state index in [0.717, 1.165) is 13.1 Å². The van der Waals surface area contributed by atoms with E-state index in [2.05, 4.69) is 42.5 Å². The van der Waals surface area contributed by atoms with Crippen molar-refractivity contribution in [1.82, 2.24) is 9.80 Å². The number of rotatable bonds is 3. The van der Waals surface area contributed by atoms with Crippen LogP contribution in [0.1, 0.15) is 13.3 Å². The summed E-state index contributed by atoms with van der Waals surface area (Å²) < 4.78 is 0. The highest BCUT2D eigenvalue weighted by Gasteiger charge is 2.11. The minimum atomic E-state index is 1.14. The molecule has 0 aromatic rings. The Kier molecular flexibility index (Phi) is 5.19. The summed E-state index contributed by atoms with van der Waals surface area (Å²) in [7, 11) is 2.19. The van der Waals surface area contributed by atoms with Gasteiger partial charge in [0.2, 0.25) is 0 Å². The molecule has 1 heterocycles. The van der Waals surface area contributed by atoms with Gasteiger partial charge in [0.1, 0.15) is 0 Å². The van der Waals surface area contributed by atoms with Crippen molar-refractivity contribution in [1.29, 1.82) is 0 Å². The Hall–Kier alpha value is -1.02. The molecule has 2 heteroatoms. The molecular formula is C13H22N2. The maximum absolute atomic E-state index is 3.66. The van der Waals surface area contributed by atoms with Crippen molar-refractivity contribution < 1.29 is 0 Å². The van der Waals surface area contributed by atoms with E-state index < -0.39 is 0 Å². The van der Waals surface area contributed by atoms with Gasteiger partial charge in [0, 0.05) is 25.3 Å². The molecule has 0 aromatic heterocycles. The minimum absolute atomic E-state index is 1.14. The van der Waals surface area contributed by atoms with E-state index in [1.54, 1.807) is 6.08 Å². The lowest BCUT2D eigenvalue weighted by Gasteiger charge is -2.23. The fourth-order valence-corrected chi connectivity index (χ4v) is 1.78. The van der Waals surface area contributed by atoms with Gasteiger partial charge in [0.15, 0.2) is 0 Å². The minimum Gasteiger partial charge on any atom is -0.374 e. The van der Waals surface area contributed by atoms with Crippen LogP contribution in [0.5, 0.6) is 0 Å². The molecule has 84 valence electrons. The Morgan fingerprint density at radius 1 is 1.13 bits per heavy atom. The third-order valence-corrected chi connectivity index (χ3v) is 2.80. The van der Waals surface area contributed by atoms with Gasteiger partial charge in [-0.25, -0.2) is 0 Å². The molecule has 0 bridgehead atoms. The van der Waals surface area contributed by atoms with E-state index in [4.69, 9.17) is 0 Å². The third kappa shape index (κ3) is 4.34. The first kappa shape index (κ1) is 12.1. The van der Waals surface area contributed by atoms with Gasteiger partial charge in [-0.3, -0.25) is 0 Å². The highest BCUT2D eigenvalue weighted by molar-refractivity contribution is 5.13. The second-order valence-electron chi connectivity index (χ2n) is 4.07. The molecule has 1 rings (SSSR count). The SMILES string of the molecule is C=C/C=C\C=C(/C)N1CCCN(C)CC1. The second kappa shape index (κ2) is 6.46. The smallest absolute Gasteiger partial charge is 0.0302 e. The molecule has 0 aromatic carbocycles. The predicted molar refractivity (Wildman–Crippen MR) is 66.8 cm³/mol. The summed E-state index contributed by atoms with van der Waals surface area (Å²) in [6.07, 6.45) is 9.24. The van der Waals surface area contributed by atoms with Crippen molar-refractivity contribution in [3.05, 3.63) is 36.6 Å². The molecule has 0 N–H and O–H groups in total. The number of likely N-dealkylation sites (N-methyl/N-ethyl adjacent to an activating group) is 1. The summed E-state index contributed by atoms with van der Waals surface area (Å²) in [6, 6.07) is 0. The predicted octanol–water partition coefficient (Wildman–Crippen LogP) is 2.27. The quantitative estimate of drug-likeness (QED) is 0.654. The van der Waals surface area contributed by atoms with Crippen LogP contribution in [-0.2, 0) is 0 Å². The van der Waals surface area contributed by atoms with Crippen molar-refractivity contribution in [3.8, 4) is 0 Å². The van der Waals surface area contributed by atoms with Crippen LogP contribution in [0.15, 0.2) is 36.6 Å². The van der Waals surface area contributed by atoms with Crippen LogP contribution >= 0.6 is 0 Å². The van der Waals surface area contributed by atoms with Gasteiger partial charge in [-0.2, -0.15) is 0 Å². The van der Waals surface area contributed by atoms with Crippen LogP contribution in [0.25, 0.3) is 0 Å². The van der Waals surface area contributed by atoms with E-state index in [0.29, 0.717) is 0 Å². The molecule has 0 aliphatic carbocycles.